The maximum Gasteiger partial charge on any atom is 0.237 e. The summed E-state index contributed by atoms with van der Waals surface area (Å²) in [6, 6.07) is -0.361. The first-order chi connectivity index (χ1) is 8.15. The van der Waals surface area contributed by atoms with Crippen LogP contribution >= 0.6 is 0 Å². The smallest absolute Gasteiger partial charge is 0.237 e. The number of hydrogen-bond acceptors (Lipinski definition) is 2. The molecule has 0 aliphatic heterocycles. The summed E-state index contributed by atoms with van der Waals surface area (Å²) in [5, 5.41) is 2.94. The molecule has 0 aromatic carbocycles. The van der Waals surface area contributed by atoms with E-state index in [0.29, 0.717) is 0 Å². The highest BCUT2D eigenvalue weighted by molar-refractivity contribution is 5.81. The molecule has 0 aromatic heterocycles. The molecule has 0 radical (unpaired) electrons. The van der Waals surface area contributed by atoms with Crippen molar-refractivity contribution in [3.8, 4) is 0 Å². The van der Waals surface area contributed by atoms with E-state index in [1.54, 1.807) is 0 Å². The zero-order valence-corrected chi connectivity index (χ0v) is 11.2. The van der Waals surface area contributed by atoms with Gasteiger partial charge in [-0.05, 0) is 38.0 Å². The van der Waals surface area contributed by atoms with Gasteiger partial charge in [0.1, 0.15) is 0 Å². The molecule has 1 rings (SSSR count). The van der Waals surface area contributed by atoms with Gasteiger partial charge in [0.05, 0.1) is 6.04 Å². The number of hydrogen-bond donors (Lipinski definition) is 2. The van der Waals surface area contributed by atoms with Crippen LogP contribution < -0.4 is 11.1 Å². The van der Waals surface area contributed by atoms with Crippen molar-refractivity contribution in [2.75, 3.05) is 6.54 Å². The molecule has 0 fully saturated rings. The molecule has 98 valence electrons. The molecule has 0 aromatic rings. The first kappa shape index (κ1) is 14.2. The summed E-state index contributed by atoms with van der Waals surface area (Å²) in [6.45, 7) is 4.81. The minimum atomic E-state index is -0.361. The van der Waals surface area contributed by atoms with E-state index in [2.05, 4.69) is 18.3 Å². The van der Waals surface area contributed by atoms with E-state index in [9.17, 15) is 4.79 Å². The highest BCUT2D eigenvalue weighted by atomic mass is 16.2. The van der Waals surface area contributed by atoms with Crippen molar-refractivity contribution in [3.05, 3.63) is 11.6 Å². The van der Waals surface area contributed by atoms with Crippen molar-refractivity contribution in [3.63, 3.8) is 0 Å². The number of rotatable bonds is 6. The summed E-state index contributed by atoms with van der Waals surface area (Å²) in [4.78, 5) is 11.7. The van der Waals surface area contributed by atoms with Gasteiger partial charge < -0.3 is 11.1 Å². The number of nitrogens with two attached hydrogens (primary N) is 1. The molecule has 0 spiro atoms. The topological polar surface area (TPSA) is 55.1 Å². The van der Waals surface area contributed by atoms with E-state index in [0.717, 1.165) is 19.4 Å². The molecular formula is C14H26N2O. The Morgan fingerprint density at radius 3 is 2.88 bits per heavy atom. The van der Waals surface area contributed by atoms with Gasteiger partial charge >= 0.3 is 0 Å². The maximum absolute atomic E-state index is 11.7. The fourth-order valence-corrected chi connectivity index (χ4v) is 2.11. The summed E-state index contributed by atoms with van der Waals surface area (Å²) in [5.41, 5.74) is 7.36. The highest BCUT2D eigenvalue weighted by Crippen LogP contribution is 2.19. The number of nitrogens with one attached hydrogen (secondary N) is 1. The quantitative estimate of drug-likeness (QED) is 0.698. The van der Waals surface area contributed by atoms with E-state index < -0.39 is 0 Å². The van der Waals surface area contributed by atoms with E-state index in [1.165, 1.54) is 31.3 Å². The van der Waals surface area contributed by atoms with Gasteiger partial charge in [-0.15, -0.1) is 0 Å². The molecule has 0 heterocycles. The second-order valence-corrected chi connectivity index (χ2v) is 5.06. The molecule has 0 saturated carbocycles. The van der Waals surface area contributed by atoms with Crippen LogP contribution in [0.15, 0.2) is 11.6 Å². The van der Waals surface area contributed by atoms with E-state index >= 15 is 0 Å². The fraction of sp³-hybridized carbons (Fsp3) is 0.786. The molecule has 17 heavy (non-hydrogen) atoms. The standard InChI is InChI=1S/C14H26N2O/c1-3-11(2)13(15)14(17)16-10-9-12-7-5-4-6-8-12/h7,11,13H,3-6,8-10,15H2,1-2H3,(H,16,17). The Labute approximate surface area is 105 Å². The lowest BCUT2D eigenvalue weighted by Gasteiger charge is -2.18. The van der Waals surface area contributed by atoms with Gasteiger partial charge in [0.15, 0.2) is 0 Å². The summed E-state index contributed by atoms with van der Waals surface area (Å²) in [5.74, 6) is 0.250. The van der Waals surface area contributed by atoms with Crippen LogP contribution in [0.5, 0.6) is 0 Å². The average Bonchev–Trinajstić information content (AvgIpc) is 2.38. The van der Waals surface area contributed by atoms with Gasteiger partial charge in [-0.1, -0.05) is 31.9 Å². The number of carbonyl (C=O) groups is 1. The third kappa shape index (κ3) is 4.90. The summed E-state index contributed by atoms with van der Waals surface area (Å²) in [6.07, 6.45) is 9.27. The SMILES string of the molecule is CCC(C)C(N)C(=O)NCCC1=CCCCC1. The summed E-state index contributed by atoms with van der Waals surface area (Å²) in [7, 11) is 0. The minimum Gasteiger partial charge on any atom is -0.354 e. The molecule has 1 aliphatic rings. The van der Waals surface area contributed by atoms with E-state index in [-0.39, 0.29) is 17.9 Å². The molecule has 2 atom stereocenters. The van der Waals surface area contributed by atoms with Crippen molar-refractivity contribution in [1.82, 2.24) is 5.32 Å². The molecule has 3 heteroatoms. The second-order valence-electron chi connectivity index (χ2n) is 5.06. The largest absolute Gasteiger partial charge is 0.354 e. The Hall–Kier alpha value is -0.830. The van der Waals surface area contributed by atoms with E-state index in [1.807, 2.05) is 6.92 Å². The normalized spacial score (nSPS) is 19.4. The first-order valence-corrected chi connectivity index (χ1v) is 6.86. The van der Waals surface area contributed by atoms with Crippen LogP contribution in [0.1, 0.15) is 52.4 Å². The van der Waals surface area contributed by atoms with Crippen LogP contribution in [0.3, 0.4) is 0 Å². The fourth-order valence-electron chi connectivity index (χ4n) is 2.11. The van der Waals surface area contributed by atoms with Crippen LogP contribution in [-0.2, 0) is 4.79 Å². The lowest BCUT2D eigenvalue weighted by Crippen LogP contribution is -2.44. The van der Waals surface area contributed by atoms with Crippen LogP contribution in [0.4, 0.5) is 0 Å². The van der Waals surface area contributed by atoms with Crippen molar-refractivity contribution in [1.29, 1.82) is 0 Å². The number of allylic oxidation sites excluding steroid dienone is 1. The zero-order valence-electron chi connectivity index (χ0n) is 11.2. The van der Waals surface area contributed by atoms with Gasteiger partial charge in [-0.25, -0.2) is 0 Å². The molecule has 0 saturated heterocycles. The Balaban J connectivity index is 2.21. The third-order valence-electron chi connectivity index (χ3n) is 3.69. The Bertz CT molecular complexity index is 273. The number of carbonyl (C=O) groups excluding carboxylic acids is 1. The second kappa shape index (κ2) is 7.49. The molecular weight excluding hydrogens is 212 g/mol. The van der Waals surface area contributed by atoms with Crippen LogP contribution in [0.25, 0.3) is 0 Å². The molecule has 0 bridgehead atoms. The lowest BCUT2D eigenvalue weighted by atomic mass is 9.97. The summed E-state index contributed by atoms with van der Waals surface area (Å²) < 4.78 is 0. The Kier molecular flexibility index (Phi) is 6.27. The Morgan fingerprint density at radius 2 is 2.29 bits per heavy atom. The third-order valence-corrected chi connectivity index (χ3v) is 3.69. The summed E-state index contributed by atoms with van der Waals surface area (Å²) >= 11 is 0. The van der Waals surface area contributed by atoms with Gasteiger partial charge in [-0.2, -0.15) is 0 Å². The Morgan fingerprint density at radius 1 is 1.53 bits per heavy atom. The van der Waals surface area contributed by atoms with Gasteiger partial charge in [0, 0.05) is 6.54 Å². The molecule has 3 nitrogen and oxygen atoms in total. The highest BCUT2D eigenvalue weighted by Gasteiger charge is 2.18. The van der Waals surface area contributed by atoms with Crippen molar-refractivity contribution < 1.29 is 4.79 Å². The van der Waals surface area contributed by atoms with Crippen LogP contribution in [0, 0.1) is 5.92 Å². The molecule has 1 aliphatic carbocycles. The predicted octanol–water partition coefficient (Wildman–Crippen LogP) is 2.37. The van der Waals surface area contributed by atoms with Crippen LogP contribution in [0.2, 0.25) is 0 Å². The molecule has 3 N–H and O–H groups in total. The van der Waals surface area contributed by atoms with Crippen molar-refractivity contribution >= 4 is 5.91 Å². The predicted molar refractivity (Wildman–Crippen MR) is 71.6 cm³/mol. The van der Waals surface area contributed by atoms with Gasteiger partial charge in [-0.3, -0.25) is 4.79 Å². The maximum atomic E-state index is 11.7. The van der Waals surface area contributed by atoms with Crippen molar-refractivity contribution in [2.24, 2.45) is 11.7 Å². The van der Waals surface area contributed by atoms with Gasteiger partial charge in [0.25, 0.3) is 0 Å². The minimum absolute atomic E-state index is 0.00393. The van der Waals surface area contributed by atoms with Crippen molar-refractivity contribution in [2.45, 2.75) is 58.4 Å². The first-order valence-electron chi connectivity index (χ1n) is 6.86. The molecule has 2 unspecified atom stereocenters. The average molecular weight is 238 g/mol. The monoisotopic (exact) mass is 238 g/mol. The van der Waals surface area contributed by atoms with Crippen LogP contribution in [-0.4, -0.2) is 18.5 Å². The van der Waals surface area contributed by atoms with E-state index in [4.69, 9.17) is 5.73 Å². The zero-order chi connectivity index (χ0) is 12.7. The van der Waals surface area contributed by atoms with Gasteiger partial charge in [0.2, 0.25) is 5.91 Å². The molecule has 1 amide bonds. The number of amides is 1. The lowest BCUT2D eigenvalue weighted by molar-refractivity contribution is -0.123.